The summed E-state index contributed by atoms with van der Waals surface area (Å²) < 4.78 is 0. The zero-order valence-corrected chi connectivity index (χ0v) is 15.7. The minimum Gasteiger partial charge on any atom is -0.274 e. The molecule has 0 bridgehead atoms. The quantitative estimate of drug-likeness (QED) is 0.726. The summed E-state index contributed by atoms with van der Waals surface area (Å²) in [4.78, 5) is 37.3. The number of urea groups is 1. The molecule has 1 N–H and O–H groups in total. The first-order valence-corrected chi connectivity index (χ1v) is 8.28. The molecule has 0 unspecified atom stereocenters. The van der Waals surface area contributed by atoms with Crippen molar-refractivity contribution in [3.8, 4) is 0 Å². The summed E-state index contributed by atoms with van der Waals surface area (Å²) >= 11 is 23.6. The minimum atomic E-state index is -0.980. The van der Waals surface area contributed by atoms with Gasteiger partial charge in [-0.25, -0.2) is 9.69 Å². The maximum absolute atomic E-state index is 12.4. The SMILES string of the molecule is CC(=O)N(C(=O)NC(=O)c1c(Cl)cccc1Cl)c1ccc(Cl)c(Cl)c1. The second-order valence-corrected chi connectivity index (χ2v) is 6.44. The van der Waals surface area contributed by atoms with Crippen molar-refractivity contribution >= 4 is 69.9 Å². The highest BCUT2D eigenvalue weighted by Gasteiger charge is 2.25. The predicted octanol–water partition coefficient (Wildman–Crippen LogP) is 5.20. The molecule has 0 atom stereocenters. The summed E-state index contributed by atoms with van der Waals surface area (Å²) in [5.74, 6) is -1.47. The van der Waals surface area contributed by atoms with E-state index in [9.17, 15) is 14.4 Å². The highest BCUT2D eigenvalue weighted by atomic mass is 35.5. The molecule has 0 saturated carbocycles. The van der Waals surface area contributed by atoms with Crippen LogP contribution in [0.3, 0.4) is 0 Å². The molecule has 0 heterocycles. The van der Waals surface area contributed by atoms with Crippen molar-refractivity contribution < 1.29 is 14.4 Å². The first kappa shape index (κ1) is 19.5. The Bertz CT molecular complexity index is 850. The smallest absolute Gasteiger partial charge is 0.274 e. The van der Waals surface area contributed by atoms with Gasteiger partial charge >= 0.3 is 6.03 Å². The van der Waals surface area contributed by atoms with Crippen LogP contribution < -0.4 is 10.2 Å². The Balaban J connectivity index is 2.31. The number of benzene rings is 2. The van der Waals surface area contributed by atoms with Crippen LogP contribution in [0.25, 0.3) is 0 Å². The lowest BCUT2D eigenvalue weighted by molar-refractivity contribution is -0.115. The third kappa shape index (κ3) is 4.44. The Morgan fingerprint density at radius 2 is 1.48 bits per heavy atom. The minimum absolute atomic E-state index is 0.0710. The van der Waals surface area contributed by atoms with E-state index in [0.29, 0.717) is 0 Å². The predicted molar refractivity (Wildman–Crippen MR) is 98.9 cm³/mol. The molecule has 2 aromatic rings. The number of carbonyl (C=O) groups is 3. The number of anilines is 1. The summed E-state index contributed by atoms with van der Waals surface area (Å²) in [7, 11) is 0. The number of rotatable bonds is 2. The van der Waals surface area contributed by atoms with Crippen molar-refractivity contribution in [1.29, 1.82) is 0 Å². The van der Waals surface area contributed by atoms with Crippen molar-refractivity contribution in [1.82, 2.24) is 5.32 Å². The van der Waals surface area contributed by atoms with E-state index < -0.39 is 17.8 Å². The summed E-state index contributed by atoms with van der Waals surface area (Å²) in [5.41, 5.74) is 0.0780. The zero-order chi connectivity index (χ0) is 18.7. The summed E-state index contributed by atoms with van der Waals surface area (Å²) in [6.45, 7) is 1.16. The monoisotopic (exact) mass is 418 g/mol. The summed E-state index contributed by atoms with van der Waals surface area (Å²) in [6.07, 6.45) is 0. The van der Waals surface area contributed by atoms with E-state index in [0.717, 1.165) is 11.8 Å². The zero-order valence-electron chi connectivity index (χ0n) is 12.6. The van der Waals surface area contributed by atoms with Gasteiger partial charge in [-0.2, -0.15) is 0 Å². The van der Waals surface area contributed by atoms with E-state index in [1.165, 1.54) is 30.3 Å². The van der Waals surface area contributed by atoms with Crippen LogP contribution in [-0.2, 0) is 4.79 Å². The molecule has 4 amide bonds. The fourth-order valence-corrected chi connectivity index (χ4v) is 2.86. The molecule has 0 spiro atoms. The van der Waals surface area contributed by atoms with Crippen molar-refractivity contribution in [2.24, 2.45) is 0 Å². The molecule has 0 aromatic heterocycles. The third-order valence-corrected chi connectivity index (χ3v) is 4.46. The molecule has 0 aliphatic carbocycles. The Morgan fingerprint density at radius 1 is 0.880 bits per heavy atom. The average Bonchev–Trinajstić information content (AvgIpc) is 2.50. The molecule has 2 aromatic carbocycles. The van der Waals surface area contributed by atoms with Crippen LogP contribution in [0.5, 0.6) is 0 Å². The first-order chi connectivity index (χ1) is 11.7. The number of hydrogen-bond acceptors (Lipinski definition) is 3. The molecule has 2 rings (SSSR count). The van der Waals surface area contributed by atoms with Crippen LogP contribution in [0.15, 0.2) is 36.4 Å². The number of amides is 4. The summed E-state index contributed by atoms with van der Waals surface area (Å²) in [5, 5.41) is 2.63. The Labute approximate surface area is 163 Å². The number of hydrogen-bond donors (Lipinski definition) is 1. The molecule has 0 saturated heterocycles. The lowest BCUT2D eigenvalue weighted by atomic mass is 10.2. The van der Waals surface area contributed by atoms with E-state index in [-0.39, 0.29) is 31.3 Å². The van der Waals surface area contributed by atoms with E-state index in [1.807, 2.05) is 0 Å². The van der Waals surface area contributed by atoms with Gasteiger partial charge in [0.2, 0.25) is 5.91 Å². The van der Waals surface area contributed by atoms with Gasteiger partial charge in [0.1, 0.15) is 0 Å². The lowest BCUT2D eigenvalue weighted by Gasteiger charge is -2.20. The molecule has 9 heteroatoms. The van der Waals surface area contributed by atoms with E-state index >= 15 is 0 Å². The molecular formula is C16H10Cl4N2O3. The number of nitrogens with one attached hydrogen (secondary N) is 1. The van der Waals surface area contributed by atoms with E-state index in [1.54, 1.807) is 6.07 Å². The van der Waals surface area contributed by atoms with Gasteiger partial charge in [0.15, 0.2) is 0 Å². The van der Waals surface area contributed by atoms with Crippen molar-refractivity contribution in [2.45, 2.75) is 6.92 Å². The molecule has 0 aliphatic rings. The van der Waals surface area contributed by atoms with E-state index in [2.05, 4.69) is 5.32 Å². The maximum Gasteiger partial charge on any atom is 0.335 e. The van der Waals surface area contributed by atoms with Crippen LogP contribution in [0.1, 0.15) is 17.3 Å². The number of carbonyl (C=O) groups excluding carboxylic acids is 3. The van der Waals surface area contributed by atoms with Crippen molar-refractivity contribution in [3.63, 3.8) is 0 Å². The Kier molecular flexibility index (Phi) is 6.30. The van der Waals surface area contributed by atoms with Gasteiger partial charge in [-0.1, -0.05) is 52.5 Å². The van der Waals surface area contributed by atoms with E-state index in [4.69, 9.17) is 46.4 Å². The highest BCUT2D eigenvalue weighted by molar-refractivity contribution is 6.42. The molecule has 5 nitrogen and oxygen atoms in total. The average molecular weight is 420 g/mol. The molecule has 25 heavy (non-hydrogen) atoms. The molecule has 0 radical (unpaired) electrons. The molecule has 130 valence electrons. The maximum atomic E-state index is 12.4. The van der Waals surface area contributed by atoms with Crippen LogP contribution in [0.4, 0.5) is 10.5 Å². The van der Waals surface area contributed by atoms with Crippen molar-refractivity contribution in [2.75, 3.05) is 4.90 Å². The Hall–Kier alpha value is -1.79. The van der Waals surface area contributed by atoms with Crippen LogP contribution >= 0.6 is 46.4 Å². The number of imide groups is 2. The molecular weight excluding hydrogens is 410 g/mol. The normalized spacial score (nSPS) is 10.3. The standard InChI is InChI=1S/C16H10Cl4N2O3/c1-8(23)22(9-5-6-10(17)13(20)7-9)16(25)21-15(24)14-11(18)3-2-4-12(14)19/h2-7H,1H3,(H,21,24,25). The van der Waals surface area contributed by atoms with Gasteiger partial charge in [-0.15, -0.1) is 0 Å². The topological polar surface area (TPSA) is 66.5 Å². The second-order valence-electron chi connectivity index (χ2n) is 4.81. The largest absolute Gasteiger partial charge is 0.335 e. The fraction of sp³-hybridized carbons (Fsp3) is 0.0625. The second kappa shape index (κ2) is 8.06. The number of halogens is 4. The summed E-state index contributed by atoms with van der Waals surface area (Å²) in [6, 6.07) is 7.66. The molecule has 0 aliphatic heterocycles. The van der Waals surface area contributed by atoms with Crippen molar-refractivity contribution in [3.05, 3.63) is 62.1 Å². The van der Waals surface area contributed by atoms with Gasteiger partial charge in [0.25, 0.3) is 5.91 Å². The fourth-order valence-electron chi connectivity index (χ4n) is 2.00. The van der Waals surface area contributed by atoms with Gasteiger partial charge in [0.05, 0.1) is 31.3 Å². The van der Waals surface area contributed by atoms with Gasteiger partial charge in [-0.3, -0.25) is 14.9 Å². The lowest BCUT2D eigenvalue weighted by Crippen LogP contribution is -2.45. The van der Waals surface area contributed by atoms with Crippen LogP contribution in [0.2, 0.25) is 20.1 Å². The van der Waals surface area contributed by atoms with Gasteiger partial charge in [-0.05, 0) is 30.3 Å². The van der Waals surface area contributed by atoms with Crippen LogP contribution in [0, 0.1) is 0 Å². The molecule has 0 fully saturated rings. The van der Waals surface area contributed by atoms with Gasteiger partial charge in [0, 0.05) is 6.92 Å². The third-order valence-electron chi connectivity index (χ3n) is 3.09. The van der Waals surface area contributed by atoms with Crippen LogP contribution in [-0.4, -0.2) is 17.8 Å². The number of nitrogens with zero attached hydrogens (tertiary/aromatic N) is 1. The first-order valence-electron chi connectivity index (χ1n) is 6.77. The highest BCUT2D eigenvalue weighted by Crippen LogP contribution is 2.28. The van der Waals surface area contributed by atoms with Gasteiger partial charge < -0.3 is 0 Å². The Morgan fingerprint density at radius 3 is 2.00 bits per heavy atom.